The monoisotopic (exact) mass is 370 g/mol. The Morgan fingerprint density at radius 3 is 2.50 bits per heavy atom. The molecule has 2 aliphatic heterocycles. The van der Waals surface area contributed by atoms with Crippen molar-refractivity contribution in [1.82, 2.24) is 9.21 Å². The van der Waals surface area contributed by atoms with Crippen LogP contribution < -0.4 is 0 Å². The molecule has 1 amide bonds. The Morgan fingerprint density at radius 2 is 1.79 bits per heavy atom. The summed E-state index contributed by atoms with van der Waals surface area (Å²) in [5.41, 5.74) is 0.650. The van der Waals surface area contributed by atoms with Crippen molar-refractivity contribution >= 4 is 27.5 Å². The molecule has 1 atom stereocenters. The summed E-state index contributed by atoms with van der Waals surface area (Å²) in [6.07, 6.45) is 4.25. The Hall–Kier alpha value is -1.11. The second-order valence-corrected chi connectivity index (χ2v) is 8.86. The predicted molar refractivity (Wildman–Crippen MR) is 93.5 cm³/mol. The van der Waals surface area contributed by atoms with Crippen molar-refractivity contribution < 1.29 is 13.2 Å². The van der Waals surface area contributed by atoms with Crippen LogP contribution in [0.15, 0.2) is 23.1 Å². The average Bonchev–Trinajstić information content (AvgIpc) is 3.11. The van der Waals surface area contributed by atoms with E-state index >= 15 is 0 Å². The summed E-state index contributed by atoms with van der Waals surface area (Å²) in [5.74, 6) is -0.0459. The zero-order valence-corrected chi connectivity index (χ0v) is 15.4. The molecule has 7 heteroatoms. The first-order valence-corrected chi connectivity index (χ1v) is 10.3. The van der Waals surface area contributed by atoms with Crippen LogP contribution in [0.1, 0.15) is 37.7 Å². The van der Waals surface area contributed by atoms with Crippen molar-refractivity contribution in [1.29, 1.82) is 0 Å². The number of hydrogen-bond donors (Lipinski definition) is 0. The molecule has 2 saturated heterocycles. The maximum Gasteiger partial charge on any atom is 0.244 e. The number of hydrogen-bond acceptors (Lipinski definition) is 3. The number of likely N-dealkylation sites (tertiary alicyclic amines) is 1. The molecule has 5 nitrogen and oxygen atoms in total. The molecule has 2 heterocycles. The van der Waals surface area contributed by atoms with E-state index in [1.54, 1.807) is 19.1 Å². The summed E-state index contributed by atoms with van der Waals surface area (Å²) in [5, 5.41) is 0.388. The van der Waals surface area contributed by atoms with Crippen LogP contribution in [0.2, 0.25) is 5.02 Å². The van der Waals surface area contributed by atoms with E-state index in [2.05, 4.69) is 0 Å². The number of benzene rings is 1. The van der Waals surface area contributed by atoms with Crippen LogP contribution in [0.25, 0.3) is 0 Å². The van der Waals surface area contributed by atoms with Gasteiger partial charge in [-0.1, -0.05) is 24.1 Å². The van der Waals surface area contributed by atoms with Gasteiger partial charge in [0.05, 0.1) is 4.90 Å². The molecule has 0 N–H and O–H groups in total. The molecule has 0 spiro atoms. The summed E-state index contributed by atoms with van der Waals surface area (Å²) in [4.78, 5) is 14.8. The molecular formula is C17H23ClN2O3S. The fourth-order valence-corrected chi connectivity index (χ4v) is 5.71. The van der Waals surface area contributed by atoms with Crippen LogP contribution in [-0.2, 0) is 14.8 Å². The third kappa shape index (κ3) is 3.32. The fourth-order valence-electron chi connectivity index (χ4n) is 3.57. The van der Waals surface area contributed by atoms with E-state index in [0.717, 1.165) is 38.8 Å². The molecule has 24 heavy (non-hydrogen) atoms. The maximum atomic E-state index is 13.2. The summed E-state index contributed by atoms with van der Waals surface area (Å²) < 4.78 is 27.8. The van der Waals surface area contributed by atoms with Gasteiger partial charge in [0.25, 0.3) is 0 Å². The molecule has 1 aromatic carbocycles. The highest BCUT2D eigenvalue weighted by Crippen LogP contribution is 2.30. The molecule has 0 bridgehead atoms. The normalized spacial score (nSPS) is 22.8. The van der Waals surface area contributed by atoms with Crippen LogP contribution in [0, 0.1) is 6.92 Å². The lowest BCUT2D eigenvalue weighted by atomic mass is 10.0. The van der Waals surface area contributed by atoms with E-state index in [-0.39, 0.29) is 10.8 Å². The minimum Gasteiger partial charge on any atom is -0.341 e. The first-order chi connectivity index (χ1) is 11.4. The number of nitrogens with zero attached hydrogens (tertiary/aromatic N) is 2. The molecule has 3 rings (SSSR count). The Morgan fingerprint density at radius 1 is 1.12 bits per heavy atom. The second-order valence-electron chi connectivity index (χ2n) is 6.57. The van der Waals surface area contributed by atoms with Crippen molar-refractivity contribution in [3.8, 4) is 0 Å². The Balaban J connectivity index is 1.94. The van der Waals surface area contributed by atoms with Gasteiger partial charge in [-0.05, 0) is 50.3 Å². The minimum atomic E-state index is -3.74. The lowest BCUT2D eigenvalue weighted by Crippen LogP contribution is -2.52. The third-order valence-electron chi connectivity index (χ3n) is 4.89. The standard InChI is InChI=1S/C17H23ClN2O3S/c1-13-7-8-14(18)12-16(13)24(22,23)20-11-3-2-6-15(20)17(21)19-9-4-5-10-19/h7-8,12,15H,2-6,9-11H2,1H3. The van der Waals surface area contributed by atoms with Gasteiger partial charge < -0.3 is 4.90 Å². The SMILES string of the molecule is Cc1ccc(Cl)cc1S(=O)(=O)N1CCCCC1C(=O)N1CCCC1. The second kappa shape index (κ2) is 7.02. The molecule has 0 aliphatic carbocycles. The average molecular weight is 371 g/mol. The quantitative estimate of drug-likeness (QED) is 0.822. The van der Waals surface area contributed by atoms with E-state index in [0.29, 0.717) is 23.6 Å². The molecule has 2 aliphatic rings. The Kier molecular flexibility index (Phi) is 5.18. The van der Waals surface area contributed by atoms with Gasteiger partial charge in [-0.2, -0.15) is 4.31 Å². The fraction of sp³-hybridized carbons (Fsp3) is 0.588. The molecule has 0 saturated carbocycles. The zero-order valence-electron chi connectivity index (χ0n) is 13.9. The largest absolute Gasteiger partial charge is 0.341 e. The van der Waals surface area contributed by atoms with E-state index in [9.17, 15) is 13.2 Å². The van der Waals surface area contributed by atoms with Crippen molar-refractivity contribution in [3.63, 3.8) is 0 Å². The lowest BCUT2D eigenvalue weighted by Gasteiger charge is -2.36. The minimum absolute atomic E-state index is 0.0459. The maximum absolute atomic E-state index is 13.2. The number of carbonyl (C=O) groups is 1. The molecule has 0 aromatic heterocycles. The van der Waals surface area contributed by atoms with Gasteiger partial charge in [0.15, 0.2) is 0 Å². The highest BCUT2D eigenvalue weighted by molar-refractivity contribution is 7.89. The van der Waals surface area contributed by atoms with Gasteiger partial charge in [0.2, 0.25) is 15.9 Å². The molecule has 132 valence electrons. The Bertz CT molecular complexity index is 729. The molecule has 0 radical (unpaired) electrons. The summed E-state index contributed by atoms with van der Waals surface area (Å²) in [6, 6.07) is 4.29. The van der Waals surface area contributed by atoms with E-state index in [1.807, 2.05) is 4.90 Å². The highest BCUT2D eigenvalue weighted by Gasteiger charge is 2.40. The van der Waals surface area contributed by atoms with Gasteiger partial charge in [-0.3, -0.25) is 4.79 Å². The molecule has 2 fully saturated rings. The van der Waals surface area contributed by atoms with Crippen LogP contribution in [0.4, 0.5) is 0 Å². The number of carbonyl (C=O) groups excluding carboxylic acids is 1. The van der Waals surface area contributed by atoms with Crippen LogP contribution in [0.5, 0.6) is 0 Å². The zero-order chi connectivity index (χ0) is 17.3. The Labute approximate surface area is 148 Å². The van der Waals surface area contributed by atoms with Crippen LogP contribution >= 0.6 is 11.6 Å². The van der Waals surface area contributed by atoms with Crippen molar-refractivity contribution in [2.45, 2.75) is 50.0 Å². The first-order valence-electron chi connectivity index (χ1n) is 8.48. The topological polar surface area (TPSA) is 57.7 Å². The number of sulfonamides is 1. The molecule has 1 unspecified atom stereocenters. The van der Waals surface area contributed by atoms with Crippen LogP contribution in [0.3, 0.4) is 0 Å². The van der Waals surface area contributed by atoms with Crippen molar-refractivity contribution in [2.24, 2.45) is 0 Å². The number of rotatable bonds is 3. The molecule has 1 aromatic rings. The van der Waals surface area contributed by atoms with Gasteiger partial charge in [0.1, 0.15) is 6.04 Å². The number of amides is 1. The van der Waals surface area contributed by atoms with Crippen molar-refractivity contribution in [3.05, 3.63) is 28.8 Å². The predicted octanol–water partition coefficient (Wildman–Crippen LogP) is 2.81. The van der Waals surface area contributed by atoms with Gasteiger partial charge in [0, 0.05) is 24.7 Å². The van der Waals surface area contributed by atoms with Gasteiger partial charge in [-0.15, -0.1) is 0 Å². The lowest BCUT2D eigenvalue weighted by molar-refractivity contribution is -0.135. The summed E-state index contributed by atoms with van der Waals surface area (Å²) in [7, 11) is -3.74. The number of aryl methyl sites for hydroxylation is 1. The van der Waals surface area contributed by atoms with Gasteiger partial charge >= 0.3 is 0 Å². The van der Waals surface area contributed by atoms with Crippen molar-refractivity contribution in [2.75, 3.05) is 19.6 Å². The van der Waals surface area contributed by atoms with Gasteiger partial charge in [-0.25, -0.2) is 8.42 Å². The highest BCUT2D eigenvalue weighted by atomic mass is 35.5. The first kappa shape index (κ1) is 17.7. The number of piperidine rings is 1. The third-order valence-corrected chi connectivity index (χ3v) is 7.18. The van der Waals surface area contributed by atoms with Crippen LogP contribution in [-0.4, -0.2) is 49.2 Å². The molecular weight excluding hydrogens is 348 g/mol. The van der Waals surface area contributed by atoms with E-state index < -0.39 is 16.1 Å². The summed E-state index contributed by atoms with van der Waals surface area (Å²) >= 11 is 6.01. The smallest absolute Gasteiger partial charge is 0.244 e. The summed E-state index contributed by atoms with van der Waals surface area (Å²) in [6.45, 7) is 3.61. The van der Waals surface area contributed by atoms with E-state index in [1.165, 1.54) is 10.4 Å². The van der Waals surface area contributed by atoms with E-state index in [4.69, 9.17) is 11.6 Å². The number of halogens is 1.